The fourth-order valence-electron chi connectivity index (χ4n) is 4.21. The van der Waals surface area contributed by atoms with E-state index in [0.29, 0.717) is 0 Å². The Morgan fingerprint density at radius 1 is 0.700 bits per heavy atom. The number of aliphatic imine (C=N–C) groups is 1. The summed E-state index contributed by atoms with van der Waals surface area (Å²) in [4.78, 5) is 5.14. The van der Waals surface area contributed by atoms with Gasteiger partial charge >= 0.3 is 173 Å². The maximum atomic E-state index is 5.14. The van der Waals surface area contributed by atoms with Crippen LogP contribution in [0.1, 0.15) is 16.7 Å². The van der Waals surface area contributed by atoms with Crippen LogP contribution in [0.2, 0.25) is 0 Å². The summed E-state index contributed by atoms with van der Waals surface area (Å²) in [6.07, 6.45) is 2.32. The number of hydrogen-bond acceptors (Lipinski definition) is 1. The van der Waals surface area contributed by atoms with E-state index in [1.165, 1.54) is 72.2 Å². The van der Waals surface area contributed by atoms with E-state index in [0.717, 1.165) is 11.4 Å². The van der Waals surface area contributed by atoms with E-state index in [-0.39, 0.29) is 37.2 Å². The minimum atomic E-state index is 0. The molecular formula is C25H14Cl3NZr. The summed E-state index contributed by atoms with van der Waals surface area (Å²) in [5.74, 6) is 0. The van der Waals surface area contributed by atoms with Crippen LogP contribution in [0.3, 0.4) is 0 Å². The molecule has 1 nitrogen and oxygen atoms in total. The molecular weight excluding hydrogens is 512 g/mol. The second-order valence-electron chi connectivity index (χ2n) is 7.06. The molecule has 0 radical (unpaired) electrons. The van der Waals surface area contributed by atoms with E-state index in [2.05, 4.69) is 84.9 Å². The molecule has 1 heterocycles. The van der Waals surface area contributed by atoms with E-state index in [9.17, 15) is 0 Å². The van der Waals surface area contributed by atoms with Gasteiger partial charge in [0.15, 0.2) is 0 Å². The summed E-state index contributed by atoms with van der Waals surface area (Å²) in [5.41, 5.74) is 9.93. The molecule has 0 saturated carbocycles. The fraction of sp³-hybridized carbons (Fsp3) is 0. The van der Waals surface area contributed by atoms with Crippen LogP contribution in [0.4, 0.5) is 5.69 Å². The van der Waals surface area contributed by atoms with Gasteiger partial charge in [0, 0.05) is 0 Å². The van der Waals surface area contributed by atoms with Crippen molar-refractivity contribution in [3.05, 3.63) is 95.6 Å². The van der Waals surface area contributed by atoms with Crippen LogP contribution in [0, 0.1) is 0 Å². The molecule has 0 atom stereocenters. The molecule has 144 valence electrons. The second kappa shape index (κ2) is 8.81. The Balaban J connectivity index is 0.000000853. The molecule has 1 aliphatic carbocycles. The van der Waals surface area contributed by atoms with Crippen LogP contribution >= 0.6 is 0 Å². The first-order valence-corrected chi connectivity index (χ1v) is 10.3. The normalized spacial score (nSPS) is 12.5. The molecule has 0 fully saturated rings. The Bertz CT molecular complexity index is 1330. The first-order valence-electron chi connectivity index (χ1n) is 9.08. The quantitative estimate of drug-likeness (QED) is 0.247. The molecule has 5 heteroatoms. The van der Waals surface area contributed by atoms with E-state index in [1.54, 1.807) is 0 Å². The van der Waals surface area contributed by atoms with E-state index < -0.39 is 0 Å². The predicted molar refractivity (Wildman–Crippen MR) is 110 cm³/mol. The molecule has 0 bridgehead atoms. The predicted octanol–water partition coefficient (Wildman–Crippen LogP) is -3.32. The molecule has 4 aromatic rings. The molecule has 6 rings (SSSR count). The molecule has 4 aromatic carbocycles. The van der Waals surface area contributed by atoms with Crippen LogP contribution in [-0.2, 0) is 24.7 Å². The summed E-state index contributed by atoms with van der Waals surface area (Å²) in [7, 11) is 0. The monoisotopic (exact) mass is 523 g/mol. The Morgan fingerprint density at radius 2 is 1.43 bits per heavy atom. The Labute approximate surface area is 209 Å². The zero-order valence-corrected chi connectivity index (χ0v) is 20.4. The van der Waals surface area contributed by atoms with Crippen molar-refractivity contribution in [3.63, 3.8) is 0 Å². The van der Waals surface area contributed by atoms with Gasteiger partial charge in [0.05, 0.1) is 0 Å². The molecule has 2 aliphatic rings. The van der Waals surface area contributed by atoms with E-state index >= 15 is 0 Å². The maximum absolute atomic E-state index is 5.14. The number of fused-ring (bicyclic) bond motifs is 7. The fourth-order valence-corrected chi connectivity index (χ4v) is 5.21. The van der Waals surface area contributed by atoms with Gasteiger partial charge in [0.25, 0.3) is 0 Å². The van der Waals surface area contributed by atoms with Gasteiger partial charge in [-0.25, -0.2) is 0 Å². The first-order chi connectivity index (χ1) is 13.3. The molecule has 0 spiro atoms. The van der Waals surface area contributed by atoms with Crippen molar-refractivity contribution in [1.29, 1.82) is 0 Å². The zero-order chi connectivity index (χ0) is 18.0. The van der Waals surface area contributed by atoms with Crippen molar-refractivity contribution in [2.45, 2.75) is 0 Å². The third-order valence-electron chi connectivity index (χ3n) is 5.49. The van der Waals surface area contributed by atoms with Crippen LogP contribution in [0.15, 0.2) is 83.9 Å². The average Bonchev–Trinajstić information content (AvgIpc) is 3.25. The van der Waals surface area contributed by atoms with Crippen molar-refractivity contribution >= 4 is 37.1 Å². The SMILES string of the molecule is [Cl-].[Cl-].[Cl-].[Zr+3][c]1cc2ccccc2c2c1C1=Cc3ccc(-c4ccccc4)cc3C1=N2. The summed E-state index contributed by atoms with van der Waals surface area (Å²) in [5, 5.41) is 2.54. The van der Waals surface area contributed by atoms with Gasteiger partial charge in [0.1, 0.15) is 0 Å². The van der Waals surface area contributed by atoms with Gasteiger partial charge in [-0.3, -0.25) is 0 Å². The van der Waals surface area contributed by atoms with Crippen LogP contribution < -0.4 is 40.5 Å². The van der Waals surface area contributed by atoms with Crippen LogP contribution in [-0.4, -0.2) is 5.71 Å². The number of halogens is 3. The second-order valence-corrected chi connectivity index (χ2v) is 8.38. The molecule has 0 unspecified atom stereocenters. The van der Waals surface area contributed by atoms with Crippen molar-refractivity contribution < 1.29 is 61.9 Å². The van der Waals surface area contributed by atoms with Gasteiger partial charge in [-0.15, -0.1) is 0 Å². The van der Waals surface area contributed by atoms with Gasteiger partial charge in [0.2, 0.25) is 0 Å². The molecule has 30 heavy (non-hydrogen) atoms. The Hall–Kier alpha value is -1.70. The van der Waals surface area contributed by atoms with Crippen molar-refractivity contribution in [1.82, 2.24) is 0 Å². The third-order valence-corrected chi connectivity index (χ3v) is 6.45. The van der Waals surface area contributed by atoms with Crippen molar-refractivity contribution in [2.24, 2.45) is 4.99 Å². The van der Waals surface area contributed by atoms with Crippen LogP contribution in [0.25, 0.3) is 33.5 Å². The Kier molecular flexibility index (Phi) is 6.75. The average molecular weight is 526 g/mol. The molecule has 0 N–H and O–H groups in total. The number of hydrogen-bond donors (Lipinski definition) is 0. The number of rotatable bonds is 1. The third kappa shape index (κ3) is 3.41. The molecule has 0 saturated heterocycles. The Morgan fingerprint density at radius 3 is 2.23 bits per heavy atom. The summed E-state index contributed by atoms with van der Waals surface area (Å²) in [6, 6.07) is 28.2. The van der Waals surface area contributed by atoms with Gasteiger partial charge in [-0.05, 0) is 0 Å². The van der Waals surface area contributed by atoms with Gasteiger partial charge in [-0.1, -0.05) is 0 Å². The minimum absolute atomic E-state index is 0. The molecule has 0 aromatic heterocycles. The van der Waals surface area contributed by atoms with Gasteiger partial charge < -0.3 is 37.2 Å². The zero-order valence-electron chi connectivity index (χ0n) is 15.7. The number of nitrogens with zero attached hydrogens (tertiary/aromatic N) is 1. The molecule has 0 amide bonds. The topological polar surface area (TPSA) is 12.4 Å². The summed E-state index contributed by atoms with van der Waals surface area (Å²) >= 11 is 1.43. The summed E-state index contributed by atoms with van der Waals surface area (Å²) < 4.78 is 1.39. The van der Waals surface area contributed by atoms with Gasteiger partial charge in [-0.2, -0.15) is 0 Å². The number of allylic oxidation sites excluding steroid dienone is 1. The standard InChI is InChI=1S/C25H14N.3ClH.Zr/c1-2-6-16(7-3-1)18-10-11-19-15-23-21-13-12-17-8-4-5-9-20(17)24(21)26-25(23)22(19)14-18;;;;/h1-12,14-15H;3*1H;/q;;;;+3/p-3. The van der Waals surface area contributed by atoms with Crippen molar-refractivity contribution in [2.75, 3.05) is 0 Å². The van der Waals surface area contributed by atoms with Crippen molar-refractivity contribution in [3.8, 4) is 11.1 Å². The summed E-state index contributed by atoms with van der Waals surface area (Å²) in [6.45, 7) is 0. The van der Waals surface area contributed by atoms with E-state index in [4.69, 9.17) is 4.99 Å². The molecule has 1 aliphatic heterocycles. The van der Waals surface area contributed by atoms with Crippen LogP contribution in [0.5, 0.6) is 0 Å². The number of benzene rings is 4. The van der Waals surface area contributed by atoms with E-state index in [1.807, 2.05) is 0 Å². The first kappa shape index (κ1) is 23.0.